The van der Waals surface area contributed by atoms with Gasteiger partial charge in [0.2, 0.25) is 0 Å². The van der Waals surface area contributed by atoms with Gasteiger partial charge in [-0.3, -0.25) is 9.97 Å². The average molecular weight is 481 g/mol. The molecule has 0 bridgehead atoms. The van der Waals surface area contributed by atoms with Crippen LogP contribution in [0.5, 0.6) is 0 Å². The number of nitrogens with one attached hydrogen (secondary N) is 1. The maximum absolute atomic E-state index is 6.43. The van der Waals surface area contributed by atoms with E-state index >= 15 is 0 Å². The van der Waals surface area contributed by atoms with Crippen molar-refractivity contribution in [3.05, 3.63) is 106 Å². The minimum Gasteiger partial charge on any atom is -0.459 e. The van der Waals surface area contributed by atoms with E-state index in [9.17, 15) is 0 Å². The fourth-order valence-corrected chi connectivity index (χ4v) is 4.62. The highest BCUT2D eigenvalue weighted by molar-refractivity contribution is 7.80. The molecule has 1 aromatic carbocycles. The Balaban J connectivity index is 1.56. The number of rotatable bonds is 5. The summed E-state index contributed by atoms with van der Waals surface area (Å²) >= 11 is 18.4. The Morgan fingerprint density at radius 2 is 1.91 bits per heavy atom. The fourth-order valence-electron chi connectivity index (χ4n) is 3.92. The van der Waals surface area contributed by atoms with E-state index < -0.39 is 0 Å². The van der Waals surface area contributed by atoms with Crippen LogP contribution in [0.3, 0.4) is 0 Å². The van der Waals surface area contributed by atoms with Crippen LogP contribution in [0.15, 0.2) is 83.7 Å². The Morgan fingerprint density at radius 1 is 1.00 bits per heavy atom. The Bertz CT molecular complexity index is 1250. The van der Waals surface area contributed by atoms with Gasteiger partial charge < -0.3 is 14.6 Å². The van der Waals surface area contributed by atoms with Crippen LogP contribution >= 0.6 is 35.4 Å². The first-order valence-corrected chi connectivity index (χ1v) is 11.2. The van der Waals surface area contributed by atoms with E-state index in [1.54, 1.807) is 18.5 Å². The summed E-state index contributed by atoms with van der Waals surface area (Å²) in [4.78, 5) is 10.9. The van der Waals surface area contributed by atoms with Gasteiger partial charge in [-0.2, -0.15) is 0 Å². The summed E-state index contributed by atoms with van der Waals surface area (Å²) in [5.74, 6) is 1.40. The smallest absolute Gasteiger partial charge is 0.170 e. The second-order valence-electron chi connectivity index (χ2n) is 7.42. The molecule has 0 unspecified atom stereocenters. The van der Waals surface area contributed by atoms with Gasteiger partial charge in [0, 0.05) is 30.7 Å². The molecule has 1 aliphatic heterocycles. The molecule has 0 radical (unpaired) electrons. The lowest BCUT2D eigenvalue weighted by Gasteiger charge is -2.26. The maximum Gasteiger partial charge on any atom is 0.170 e. The van der Waals surface area contributed by atoms with Crippen LogP contribution in [-0.2, 0) is 6.54 Å². The number of pyridine rings is 2. The van der Waals surface area contributed by atoms with E-state index in [-0.39, 0.29) is 12.1 Å². The normalized spacial score (nSPS) is 18.1. The molecule has 8 heteroatoms. The van der Waals surface area contributed by atoms with Gasteiger partial charge in [0.1, 0.15) is 17.6 Å². The van der Waals surface area contributed by atoms with E-state index in [0.717, 1.165) is 22.6 Å². The van der Waals surface area contributed by atoms with Gasteiger partial charge in [-0.05, 0) is 60.2 Å². The Labute approximate surface area is 201 Å². The maximum atomic E-state index is 6.43. The van der Waals surface area contributed by atoms with Crippen LogP contribution in [0.25, 0.3) is 11.3 Å². The molecule has 3 aromatic heterocycles. The van der Waals surface area contributed by atoms with Gasteiger partial charge in [-0.25, -0.2) is 0 Å². The van der Waals surface area contributed by atoms with Crippen LogP contribution in [0, 0.1) is 0 Å². The molecule has 1 fully saturated rings. The van der Waals surface area contributed by atoms with Crippen LogP contribution in [0.1, 0.15) is 29.1 Å². The van der Waals surface area contributed by atoms with Crippen LogP contribution in [-0.4, -0.2) is 20.0 Å². The topological polar surface area (TPSA) is 54.2 Å². The summed E-state index contributed by atoms with van der Waals surface area (Å²) < 4.78 is 6.33. The first kappa shape index (κ1) is 20.9. The van der Waals surface area contributed by atoms with Crippen molar-refractivity contribution in [2.24, 2.45) is 0 Å². The molecule has 0 spiro atoms. The third-order valence-electron chi connectivity index (χ3n) is 5.41. The van der Waals surface area contributed by atoms with Gasteiger partial charge in [0.15, 0.2) is 5.11 Å². The van der Waals surface area contributed by atoms with E-state index in [1.807, 2.05) is 60.8 Å². The number of aromatic nitrogens is 2. The van der Waals surface area contributed by atoms with Crippen molar-refractivity contribution < 1.29 is 4.42 Å². The molecule has 1 aliphatic rings. The van der Waals surface area contributed by atoms with Crippen LogP contribution in [0.4, 0.5) is 0 Å². The summed E-state index contributed by atoms with van der Waals surface area (Å²) in [6, 6.07) is 18.8. The van der Waals surface area contributed by atoms with E-state index in [2.05, 4.69) is 20.2 Å². The first-order valence-electron chi connectivity index (χ1n) is 10.0. The van der Waals surface area contributed by atoms with Crippen LogP contribution < -0.4 is 5.32 Å². The molecule has 2 atom stereocenters. The standard InChI is InChI=1S/C24H18Cl2N4OS/c25-17-7-3-6-16(21(17)26)19-9-10-20(31-19)23-22(18-8-1-2-12-28-18)29-24(32)30(23)14-15-5-4-11-27-13-15/h1-13,22-23H,14H2,(H,29,32)/t22-,23-/m1/s1. The van der Waals surface area contributed by atoms with Crippen LogP contribution in [0.2, 0.25) is 10.0 Å². The summed E-state index contributed by atoms with van der Waals surface area (Å²) in [7, 11) is 0. The Hall–Kier alpha value is -2.93. The lowest BCUT2D eigenvalue weighted by molar-refractivity contribution is 0.269. The van der Waals surface area contributed by atoms with E-state index in [1.165, 1.54) is 0 Å². The molecule has 32 heavy (non-hydrogen) atoms. The monoisotopic (exact) mass is 480 g/mol. The Kier molecular flexibility index (Phi) is 5.83. The van der Waals surface area contributed by atoms with Gasteiger partial charge in [-0.15, -0.1) is 0 Å². The second-order valence-corrected chi connectivity index (χ2v) is 8.59. The molecule has 0 aliphatic carbocycles. The molecular formula is C24H18Cl2N4OS. The fraction of sp³-hybridized carbons (Fsp3) is 0.125. The summed E-state index contributed by atoms with van der Waals surface area (Å²) in [5.41, 5.74) is 2.67. The molecule has 1 saturated heterocycles. The number of hydrogen-bond donors (Lipinski definition) is 1. The summed E-state index contributed by atoms with van der Waals surface area (Å²) in [6.07, 6.45) is 5.37. The zero-order chi connectivity index (χ0) is 22.1. The minimum absolute atomic E-state index is 0.172. The average Bonchev–Trinajstić information content (AvgIpc) is 3.42. The predicted molar refractivity (Wildman–Crippen MR) is 129 cm³/mol. The van der Waals surface area contributed by atoms with E-state index in [0.29, 0.717) is 27.5 Å². The molecule has 1 N–H and O–H groups in total. The predicted octanol–water partition coefficient (Wildman–Crippen LogP) is 6.22. The first-order chi connectivity index (χ1) is 15.6. The molecule has 0 saturated carbocycles. The van der Waals surface area contributed by atoms with Crippen molar-refractivity contribution in [2.45, 2.75) is 18.6 Å². The van der Waals surface area contributed by atoms with Crippen molar-refractivity contribution in [3.8, 4) is 11.3 Å². The zero-order valence-electron chi connectivity index (χ0n) is 16.8. The third-order valence-corrected chi connectivity index (χ3v) is 6.58. The largest absolute Gasteiger partial charge is 0.459 e. The number of furan rings is 1. The van der Waals surface area contributed by atoms with Crippen molar-refractivity contribution in [1.82, 2.24) is 20.2 Å². The highest BCUT2D eigenvalue weighted by Crippen LogP contribution is 2.42. The van der Waals surface area contributed by atoms with Gasteiger partial charge in [-0.1, -0.05) is 41.4 Å². The third kappa shape index (κ3) is 3.97. The Morgan fingerprint density at radius 3 is 2.69 bits per heavy atom. The summed E-state index contributed by atoms with van der Waals surface area (Å²) in [5, 5.41) is 5.00. The van der Waals surface area contributed by atoms with Crippen molar-refractivity contribution >= 4 is 40.5 Å². The molecule has 160 valence electrons. The van der Waals surface area contributed by atoms with Crippen molar-refractivity contribution in [1.29, 1.82) is 0 Å². The molecule has 4 aromatic rings. The lowest BCUT2D eigenvalue weighted by Crippen LogP contribution is -2.29. The van der Waals surface area contributed by atoms with Gasteiger partial charge in [0.25, 0.3) is 0 Å². The molecule has 0 amide bonds. The number of halogens is 2. The van der Waals surface area contributed by atoms with Gasteiger partial charge >= 0.3 is 0 Å². The highest BCUT2D eigenvalue weighted by atomic mass is 35.5. The number of benzene rings is 1. The second kappa shape index (κ2) is 8.90. The molecule has 5 rings (SSSR count). The zero-order valence-corrected chi connectivity index (χ0v) is 19.1. The van der Waals surface area contributed by atoms with E-state index in [4.69, 9.17) is 39.8 Å². The van der Waals surface area contributed by atoms with Crippen molar-refractivity contribution in [2.75, 3.05) is 0 Å². The lowest BCUT2D eigenvalue weighted by atomic mass is 10.0. The molecule has 5 nitrogen and oxygen atoms in total. The molecule has 4 heterocycles. The van der Waals surface area contributed by atoms with Gasteiger partial charge in [0.05, 0.1) is 21.8 Å². The number of nitrogens with zero attached hydrogens (tertiary/aromatic N) is 3. The summed E-state index contributed by atoms with van der Waals surface area (Å²) in [6.45, 7) is 0.585. The number of hydrogen-bond acceptors (Lipinski definition) is 4. The number of thiocarbonyl (C=S) groups is 1. The SMILES string of the molecule is S=C1N[C@H](c2ccccn2)[C@@H](c2ccc(-c3cccc(Cl)c3Cl)o2)N1Cc1cccnc1. The highest BCUT2D eigenvalue weighted by Gasteiger charge is 2.41. The molecular weight excluding hydrogens is 463 g/mol. The quantitative estimate of drug-likeness (QED) is 0.342. The minimum atomic E-state index is -0.204. The van der Waals surface area contributed by atoms with Crippen molar-refractivity contribution in [3.63, 3.8) is 0 Å².